The fourth-order valence-electron chi connectivity index (χ4n) is 4.24. The Bertz CT molecular complexity index is 1510. The second-order valence-electron chi connectivity index (χ2n) is 8.35. The highest BCUT2D eigenvalue weighted by Gasteiger charge is 2.49. The van der Waals surface area contributed by atoms with Crippen LogP contribution in [0.25, 0.3) is 5.76 Å². The monoisotopic (exact) mass is 536 g/mol. The maximum Gasteiger partial charge on any atom is 0.350 e. The highest BCUT2D eigenvalue weighted by Crippen LogP contribution is 2.45. The summed E-state index contributed by atoms with van der Waals surface area (Å²) >= 11 is 0.823. The van der Waals surface area contributed by atoms with Crippen LogP contribution in [0.4, 0.5) is 9.52 Å². The summed E-state index contributed by atoms with van der Waals surface area (Å²) in [7, 11) is 0. The van der Waals surface area contributed by atoms with Crippen molar-refractivity contribution in [3.8, 4) is 11.5 Å². The Balaban J connectivity index is 1.66. The molecule has 0 unspecified atom stereocenters. The SMILES string of the molecule is C=CCOC(=O)c1sc(N2C(=O)C(=O)/C(=C(/O)c3ccc4c(c3)OCCO4)[C@@H]2c2ccccc2F)nc1C. The summed E-state index contributed by atoms with van der Waals surface area (Å²) in [5.41, 5.74) is 0.0764. The lowest BCUT2D eigenvalue weighted by molar-refractivity contribution is -0.132. The number of ketones is 1. The molecule has 11 heteroatoms. The second kappa shape index (κ2) is 10.1. The van der Waals surface area contributed by atoms with Gasteiger partial charge < -0.3 is 19.3 Å². The van der Waals surface area contributed by atoms with Crippen molar-refractivity contribution in [3.63, 3.8) is 0 Å². The third-order valence-electron chi connectivity index (χ3n) is 5.97. The number of nitrogens with zero attached hydrogens (tertiary/aromatic N) is 2. The molecule has 0 bridgehead atoms. The van der Waals surface area contributed by atoms with Crippen molar-refractivity contribution in [3.05, 3.63) is 88.2 Å². The molecule has 194 valence electrons. The number of benzene rings is 2. The fourth-order valence-corrected chi connectivity index (χ4v) is 5.23. The van der Waals surface area contributed by atoms with E-state index in [4.69, 9.17) is 14.2 Å². The molecule has 5 rings (SSSR count). The van der Waals surface area contributed by atoms with E-state index in [1.165, 1.54) is 36.4 Å². The summed E-state index contributed by atoms with van der Waals surface area (Å²) in [6.07, 6.45) is 1.41. The lowest BCUT2D eigenvalue weighted by atomic mass is 9.95. The first-order chi connectivity index (χ1) is 18.3. The van der Waals surface area contributed by atoms with Gasteiger partial charge in [0, 0.05) is 11.1 Å². The Morgan fingerprint density at radius 2 is 1.97 bits per heavy atom. The van der Waals surface area contributed by atoms with Gasteiger partial charge in [-0.25, -0.2) is 14.2 Å². The molecule has 1 fully saturated rings. The quantitative estimate of drug-likeness (QED) is 0.163. The predicted molar refractivity (Wildman–Crippen MR) is 136 cm³/mol. The van der Waals surface area contributed by atoms with Gasteiger partial charge in [0.15, 0.2) is 16.6 Å². The molecule has 38 heavy (non-hydrogen) atoms. The molecule has 1 saturated heterocycles. The molecule has 1 atom stereocenters. The molecule has 1 aromatic heterocycles. The Hall–Kier alpha value is -4.51. The zero-order chi connectivity index (χ0) is 27.0. The number of anilines is 1. The number of carbonyl (C=O) groups is 3. The molecule has 1 N–H and O–H groups in total. The molecule has 0 spiro atoms. The topological polar surface area (TPSA) is 115 Å². The average molecular weight is 537 g/mol. The van der Waals surface area contributed by atoms with E-state index in [-0.39, 0.29) is 39.0 Å². The van der Waals surface area contributed by atoms with E-state index in [2.05, 4.69) is 11.6 Å². The van der Waals surface area contributed by atoms with Crippen molar-refractivity contribution in [2.45, 2.75) is 13.0 Å². The first-order valence-corrected chi connectivity index (χ1v) is 12.3. The van der Waals surface area contributed by atoms with Gasteiger partial charge in [-0.3, -0.25) is 14.5 Å². The first kappa shape index (κ1) is 25.2. The van der Waals surface area contributed by atoms with Crippen molar-refractivity contribution in [1.29, 1.82) is 0 Å². The van der Waals surface area contributed by atoms with E-state index < -0.39 is 35.3 Å². The summed E-state index contributed by atoms with van der Waals surface area (Å²) in [4.78, 5) is 44.6. The van der Waals surface area contributed by atoms with Gasteiger partial charge >= 0.3 is 11.9 Å². The molecule has 0 saturated carbocycles. The van der Waals surface area contributed by atoms with E-state index >= 15 is 4.39 Å². The number of hydrogen-bond donors (Lipinski definition) is 1. The van der Waals surface area contributed by atoms with E-state index in [1.807, 2.05) is 0 Å². The number of ether oxygens (including phenoxy) is 3. The molecule has 2 aliphatic heterocycles. The number of rotatable bonds is 6. The molecule has 9 nitrogen and oxygen atoms in total. The number of hydrogen-bond acceptors (Lipinski definition) is 9. The third kappa shape index (κ3) is 4.30. The third-order valence-corrected chi connectivity index (χ3v) is 7.11. The van der Waals surface area contributed by atoms with Gasteiger partial charge in [-0.2, -0.15) is 0 Å². The Labute approximate surface area is 220 Å². The zero-order valence-electron chi connectivity index (χ0n) is 20.1. The Kier molecular flexibility index (Phi) is 6.68. The molecule has 0 aliphatic carbocycles. The molecule has 0 radical (unpaired) electrons. The van der Waals surface area contributed by atoms with Crippen LogP contribution in [0.2, 0.25) is 0 Å². The maximum absolute atomic E-state index is 15.1. The molecule has 2 aromatic carbocycles. The van der Waals surface area contributed by atoms with Crippen LogP contribution < -0.4 is 14.4 Å². The van der Waals surface area contributed by atoms with Crippen molar-refractivity contribution >= 4 is 39.9 Å². The number of aliphatic hydroxyl groups is 1. The minimum Gasteiger partial charge on any atom is -0.507 e. The second-order valence-corrected chi connectivity index (χ2v) is 9.32. The maximum atomic E-state index is 15.1. The van der Waals surface area contributed by atoms with E-state index in [0.717, 1.165) is 16.2 Å². The number of amides is 1. The molecule has 3 heterocycles. The van der Waals surface area contributed by atoms with Crippen LogP contribution in [0.15, 0.2) is 60.7 Å². The highest BCUT2D eigenvalue weighted by molar-refractivity contribution is 7.17. The number of aliphatic hydroxyl groups excluding tert-OH is 1. The van der Waals surface area contributed by atoms with Crippen LogP contribution in [0.5, 0.6) is 11.5 Å². The fraction of sp³-hybridized carbons (Fsp3) is 0.185. The number of thiazole rings is 1. The van der Waals surface area contributed by atoms with Gasteiger partial charge in [0.05, 0.1) is 11.3 Å². The van der Waals surface area contributed by atoms with Gasteiger partial charge in [-0.05, 0) is 31.2 Å². The summed E-state index contributed by atoms with van der Waals surface area (Å²) in [6, 6.07) is 8.82. The van der Waals surface area contributed by atoms with Gasteiger partial charge in [0.25, 0.3) is 5.78 Å². The molecule has 3 aromatic rings. The Morgan fingerprint density at radius 1 is 1.24 bits per heavy atom. The zero-order valence-corrected chi connectivity index (χ0v) is 20.9. The largest absolute Gasteiger partial charge is 0.507 e. The van der Waals surface area contributed by atoms with Crippen molar-refractivity contribution in [2.24, 2.45) is 0 Å². The minimum absolute atomic E-state index is 0.0235. The first-order valence-electron chi connectivity index (χ1n) is 11.5. The van der Waals surface area contributed by atoms with Crippen LogP contribution in [-0.4, -0.2) is 47.6 Å². The van der Waals surface area contributed by atoms with Gasteiger partial charge in [0.1, 0.15) is 42.3 Å². The van der Waals surface area contributed by atoms with Crippen LogP contribution in [0, 0.1) is 12.7 Å². The number of fused-ring (bicyclic) bond motifs is 1. The van der Waals surface area contributed by atoms with Gasteiger partial charge in [-0.1, -0.05) is 42.2 Å². The summed E-state index contributed by atoms with van der Waals surface area (Å²) in [5.74, 6) is -3.14. The van der Waals surface area contributed by atoms with E-state index in [0.29, 0.717) is 24.7 Å². The predicted octanol–water partition coefficient (Wildman–Crippen LogP) is 4.33. The van der Waals surface area contributed by atoms with Crippen LogP contribution in [0.1, 0.15) is 32.5 Å². The number of aromatic nitrogens is 1. The van der Waals surface area contributed by atoms with E-state index in [1.54, 1.807) is 19.1 Å². The number of carbonyl (C=O) groups excluding carboxylic acids is 3. The average Bonchev–Trinajstić information content (AvgIpc) is 3.43. The number of aryl methyl sites for hydroxylation is 1. The molecule has 2 aliphatic rings. The van der Waals surface area contributed by atoms with Crippen molar-refractivity contribution in [2.75, 3.05) is 24.7 Å². The Morgan fingerprint density at radius 3 is 2.71 bits per heavy atom. The molecular weight excluding hydrogens is 515 g/mol. The number of Topliss-reactive ketones (excluding diaryl/α,β-unsaturated/α-hetero) is 1. The summed E-state index contributed by atoms with van der Waals surface area (Å²) < 4.78 is 31.3. The summed E-state index contributed by atoms with van der Waals surface area (Å²) in [6.45, 7) is 5.70. The smallest absolute Gasteiger partial charge is 0.350 e. The standard InChI is InChI=1S/C27H21FN2O7S/c1-3-10-37-26(34)24-14(2)29-27(38-24)30-21(16-6-4-5-7-17(16)28)20(23(32)25(30)33)22(31)15-8-9-18-19(13-15)36-12-11-35-18/h3-9,13,21,31H,1,10-12H2,2H3/b22-20+/t21-/m0/s1. The molecular formula is C27H21FN2O7S. The van der Waals surface area contributed by atoms with Crippen LogP contribution in [-0.2, 0) is 14.3 Å². The molecule has 1 amide bonds. The van der Waals surface area contributed by atoms with E-state index in [9.17, 15) is 19.5 Å². The number of halogens is 1. The highest BCUT2D eigenvalue weighted by atomic mass is 32.1. The number of esters is 1. The van der Waals surface area contributed by atoms with Crippen molar-refractivity contribution in [1.82, 2.24) is 4.98 Å². The summed E-state index contributed by atoms with van der Waals surface area (Å²) in [5, 5.41) is 11.3. The van der Waals surface area contributed by atoms with Crippen molar-refractivity contribution < 1.29 is 38.1 Å². The lowest BCUT2D eigenvalue weighted by Crippen LogP contribution is -2.29. The minimum atomic E-state index is -1.35. The van der Waals surface area contributed by atoms with Gasteiger partial charge in [-0.15, -0.1) is 0 Å². The normalized spacial score (nSPS) is 17.9. The lowest BCUT2D eigenvalue weighted by Gasteiger charge is -2.23. The van der Waals surface area contributed by atoms with Crippen LogP contribution in [0.3, 0.4) is 0 Å². The van der Waals surface area contributed by atoms with Crippen LogP contribution >= 0.6 is 11.3 Å². The van der Waals surface area contributed by atoms with Gasteiger partial charge in [0.2, 0.25) is 0 Å².